The highest BCUT2D eigenvalue weighted by molar-refractivity contribution is 9.10. The Bertz CT molecular complexity index is 597. The Hall–Kier alpha value is -1.30. The van der Waals surface area contributed by atoms with Gasteiger partial charge in [-0.3, -0.25) is 11.3 Å². The molecular formula is C15H15BrF2N2. The van der Waals surface area contributed by atoms with Crippen LogP contribution in [0.15, 0.2) is 40.9 Å². The summed E-state index contributed by atoms with van der Waals surface area (Å²) in [5.41, 5.74) is 5.22. The van der Waals surface area contributed by atoms with Crippen LogP contribution in [0.25, 0.3) is 0 Å². The monoisotopic (exact) mass is 340 g/mol. The van der Waals surface area contributed by atoms with Crippen LogP contribution in [0.3, 0.4) is 0 Å². The van der Waals surface area contributed by atoms with Crippen molar-refractivity contribution >= 4 is 15.9 Å². The van der Waals surface area contributed by atoms with Gasteiger partial charge in [-0.1, -0.05) is 22.0 Å². The van der Waals surface area contributed by atoms with E-state index in [0.29, 0.717) is 10.9 Å². The van der Waals surface area contributed by atoms with Gasteiger partial charge in [0.15, 0.2) is 0 Å². The molecule has 1 atom stereocenters. The van der Waals surface area contributed by atoms with Gasteiger partial charge in [0.2, 0.25) is 0 Å². The molecule has 2 nitrogen and oxygen atoms in total. The SMILES string of the molecule is Cc1cc(F)ccc1C(Cc1cc(F)cc(Br)c1)NN. The normalized spacial score (nSPS) is 12.4. The summed E-state index contributed by atoms with van der Waals surface area (Å²) < 4.78 is 27.2. The molecule has 3 N–H and O–H groups in total. The van der Waals surface area contributed by atoms with E-state index in [1.807, 2.05) is 13.0 Å². The number of benzene rings is 2. The quantitative estimate of drug-likeness (QED) is 0.656. The van der Waals surface area contributed by atoms with Crippen molar-refractivity contribution in [1.82, 2.24) is 5.43 Å². The third-order valence-electron chi connectivity index (χ3n) is 3.17. The molecule has 2 rings (SSSR count). The summed E-state index contributed by atoms with van der Waals surface area (Å²) >= 11 is 3.26. The molecule has 0 aromatic heterocycles. The van der Waals surface area contributed by atoms with E-state index in [1.54, 1.807) is 6.07 Å². The Morgan fingerprint density at radius 1 is 1.15 bits per heavy atom. The third-order valence-corrected chi connectivity index (χ3v) is 3.63. The van der Waals surface area contributed by atoms with E-state index < -0.39 is 0 Å². The predicted octanol–water partition coefficient (Wildman–Crippen LogP) is 3.78. The zero-order chi connectivity index (χ0) is 14.7. The van der Waals surface area contributed by atoms with Crippen LogP contribution in [-0.4, -0.2) is 0 Å². The Morgan fingerprint density at radius 3 is 2.50 bits per heavy atom. The molecule has 2 aromatic rings. The molecule has 20 heavy (non-hydrogen) atoms. The second-order valence-corrected chi connectivity index (χ2v) is 5.62. The molecule has 0 spiro atoms. The molecule has 0 bridgehead atoms. The van der Waals surface area contributed by atoms with E-state index in [2.05, 4.69) is 21.4 Å². The van der Waals surface area contributed by atoms with Crippen molar-refractivity contribution in [2.75, 3.05) is 0 Å². The molecule has 0 radical (unpaired) electrons. The van der Waals surface area contributed by atoms with Gasteiger partial charge in [0.25, 0.3) is 0 Å². The average Bonchev–Trinajstić information content (AvgIpc) is 2.35. The van der Waals surface area contributed by atoms with Crippen molar-refractivity contribution in [3.63, 3.8) is 0 Å². The number of nitrogens with two attached hydrogens (primary N) is 1. The lowest BCUT2D eigenvalue weighted by Crippen LogP contribution is -2.30. The van der Waals surface area contributed by atoms with Crippen LogP contribution in [0.1, 0.15) is 22.7 Å². The van der Waals surface area contributed by atoms with Crippen molar-refractivity contribution < 1.29 is 8.78 Å². The molecule has 0 aliphatic heterocycles. The fraction of sp³-hybridized carbons (Fsp3) is 0.200. The van der Waals surface area contributed by atoms with Crippen LogP contribution in [0.2, 0.25) is 0 Å². The summed E-state index contributed by atoms with van der Waals surface area (Å²) in [5, 5.41) is 0. The third kappa shape index (κ3) is 3.62. The van der Waals surface area contributed by atoms with Gasteiger partial charge in [0.05, 0.1) is 6.04 Å². The molecule has 0 fully saturated rings. The maximum Gasteiger partial charge on any atom is 0.124 e. The van der Waals surface area contributed by atoms with Gasteiger partial charge in [0.1, 0.15) is 11.6 Å². The van der Waals surface area contributed by atoms with E-state index in [-0.39, 0.29) is 17.7 Å². The highest BCUT2D eigenvalue weighted by atomic mass is 79.9. The smallest absolute Gasteiger partial charge is 0.124 e. The molecule has 0 aliphatic carbocycles. The Morgan fingerprint density at radius 2 is 1.90 bits per heavy atom. The molecule has 2 aromatic carbocycles. The largest absolute Gasteiger partial charge is 0.271 e. The topological polar surface area (TPSA) is 38.0 Å². The van der Waals surface area contributed by atoms with E-state index in [4.69, 9.17) is 5.84 Å². The summed E-state index contributed by atoms with van der Waals surface area (Å²) in [6.07, 6.45) is 0.513. The minimum absolute atomic E-state index is 0.204. The second-order valence-electron chi connectivity index (χ2n) is 4.70. The lowest BCUT2D eigenvalue weighted by Gasteiger charge is -2.19. The molecule has 0 aliphatic rings. The van der Waals surface area contributed by atoms with Gasteiger partial charge < -0.3 is 0 Å². The van der Waals surface area contributed by atoms with Gasteiger partial charge in [0, 0.05) is 4.47 Å². The number of hydrazine groups is 1. The van der Waals surface area contributed by atoms with Crippen LogP contribution in [0.4, 0.5) is 8.78 Å². The van der Waals surface area contributed by atoms with Crippen molar-refractivity contribution in [3.8, 4) is 0 Å². The van der Waals surface area contributed by atoms with Crippen LogP contribution >= 0.6 is 15.9 Å². The van der Waals surface area contributed by atoms with Crippen molar-refractivity contribution in [2.45, 2.75) is 19.4 Å². The van der Waals surface area contributed by atoms with Gasteiger partial charge >= 0.3 is 0 Å². The summed E-state index contributed by atoms with van der Waals surface area (Å²) in [5.74, 6) is 5.00. The van der Waals surface area contributed by atoms with Crippen LogP contribution in [0, 0.1) is 18.6 Å². The Balaban J connectivity index is 2.28. The van der Waals surface area contributed by atoms with Gasteiger partial charge in [-0.15, -0.1) is 0 Å². The Kier molecular flexibility index (Phi) is 4.86. The predicted molar refractivity (Wildman–Crippen MR) is 79.0 cm³/mol. The Labute approximate surface area is 125 Å². The van der Waals surface area contributed by atoms with Crippen LogP contribution in [0.5, 0.6) is 0 Å². The minimum Gasteiger partial charge on any atom is -0.271 e. The first-order valence-corrected chi connectivity index (χ1v) is 6.96. The van der Waals surface area contributed by atoms with Crippen LogP contribution < -0.4 is 11.3 Å². The molecule has 0 saturated heterocycles. The van der Waals surface area contributed by atoms with Gasteiger partial charge in [-0.2, -0.15) is 0 Å². The van der Waals surface area contributed by atoms with Gasteiger partial charge in [-0.05, 0) is 60.4 Å². The molecule has 1 unspecified atom stereocenters. The molecule has 0 saturated carbocycles. The number of halogens is 3. The van der Waals surface area contributed by atoms with E-state index in [9.17, 15) is 8.78 Å². The standard InChI is InChI=1S/C15H15BrF2N2/c1-9-4-12(17)2-3-14(9)15(20-19)7-10-5-11(16)8-13(18)6-10/h2-6,8,15,20H,7,19H2,1H3. The minimum atomic E-state index is -0.305. The number of aryl methyl sites for hydroxylation is 1. The number of nitrogens with one attached hydrogen (secondary N) is 1. The van der Waals surface area contributed by atoms with E-state index in [1.165, 1.54) is 24.3 Å². The first-order chi connectivity index (χ1) is 9.49. The lowest BCUT2D eigenvalue weighted by molar-refractivity contribution is 0.543. The summed E-state index contributed by atoms with van der Waals surface area (Å²) in [4.78, 5) is 0. The summed E-state index contributed by atoms with van der Waals surface area (Å²) in [6, 6.07) is 9.06. The highest BCUT2D eigenvalue weighted by Crippen LogP contribution is 2.24. The first kappa shape index (κ1) is 15.1. The second kappa shape index (κ2) is 6.43. The first-order valence-electron chi connectivity index (χ1n) is 6.16. The number of hydrogen-bond donors (Lipinski definition) is 2. The van der Waals surface area contributed by atoms with Crippen molar-refractivity contribution in [1.29, 1.82) is 0 Å². The molecule has 5 heteroatoms. The maximum absolute atomic E-state index is 13.4. The number of rotatable bonds is 4. The summed E-state index contributed by atoms with van der Waals surface area (Å²) in [6.45, 7) is 1.82. The maximum atomic E-state index is 13.4. The highest BCUT2D eigenvalue weighted by Gasteiger charge is 2.14. The molecular weight excluding hydrogens is 326 g/mol. The fourth-order valence-electron chi connectivity index (χ4n) is 2.25. The fourth-order valence-corrected chi connectivity index (χ4v) is 2.77. The molecule has 0 heterocycles. The van der Waals surface area contributed by atoms with Crippen molar-refractivity contribution in [2.24, 2.45) is 5.84 Å². The lowest BCUT2D eigenvalue weighted by atomic mass is 9.96. The molecule has 0 amide bonds. The number of hydrogen-bond acceptors (Lipinski definition) is 2. The molecule has 106 valence electrons. The zero-order valence-corrected chi connectivity index (χ0v) is 12.5. The van der Waals surface area contributed by atoms with Gasteiger partial charge in [-0.25, -0.2) is 8.78 Å². The van der Waals surface area contributed by atoms with Crippen molar-refractivity contribution in [3.05, 3.63) is 69.2 Å². The van der Waals surface area contributed by atoms with E-state index >= 15 is 0 Å². The summed E-state index contributed by atoms with van der Waals surface area (Å²) in [7, 11) is 0. The average molecular weight is 341 g/mol. The van der Waals surface area contributed by atoms with E-state index in [0.717, 1.165) is 16.7 Å². The van der Waals surface area contributed by atoms with Crippen LogP contribution in [-0.2, 0) is 6.42 Å². The zero-order valence-electron chi connectivity index (χ0n) is 11.0.